The monoisotopic (exact) mass is 340 g/mol. The fourth-order valence-electron chi connectivity index (χ4n) is 3.61. The summed E-state index contributed by atoms with van der Waals surface area (Å²) < 4.78 is 4.97. The molecule has 0 heterocycles. The highest BCUT2D eigenvalue weighted by atomic mass is 32.2. The average Bonchev–Trinajstić information content (AvgIpc) is 3.15. The van der Waals surface area contributed by atoms with Crippen LogP contribution in [0.3, 0.4) is 0 Å². The summed E-state index contributed by atoms with van der Waals surface area (Å²) in [5, 5.41) is 0. The number of ether oxygens (including phenoxy) is 1. The van der Waals surface area contributed by atoms with Gasteiger partial charge in [0.1, 0.15) is 0 Å². The maximum atomic E-state index is 12.0. The smallest absolute Gasteiger partial charge is 0.309 e. The Kier molecular flexibility index (Phi) is 4.73. The Bertz CT molecular complexity index is 737. The molecule has 2 aromatic carbocycles. The normalized spacial score (nSPS) is 21.3. The zero-order valence-corrected chi connectivity index (χ0v) is 15.5. The first kappa shape index (κ1) is 17.1. The van der Waals surface area contributed by atoms with Gasteiger partial charge in [-0.1, -0.05) is 50.2 Å². The van der Waals surface area contributed by atoms with Crippen molar-refractivity contribution in [2.75, 3.05) is 7.11 Å². The highest BCUT2D eigenvalue weighted by Crippen LogP contribution is 2.65. The van der Waals surface area contributed by atoms with Gasteiger partial charge in [0, 0.05) is 16.6 Å². The molecular weight excluding hydrogens is 316 g/mol. The van der Waals surface area contributed by atoms with E-state index in [0.29, 0.717) is 0 Å². The quantitative estimate of drug-likeness (QED) is 0.553. The molecule has 0 radical (unpaired) electrons. The van der Waals surface area contributed by atoms with Gasteiger partial charge in [0.25, 0.3) is 0 Å². The maximum absolute atomic E-state index is 12.0. The van der Waals surface area contributed by atoms with Gasteiger partial charge >= 0.3 is 5.97 Å². The molecule has 3 rings (SSSR count). The van der Waals surface area contributed by atoms with E-state index >= 15 is 0 Å². The maximum Gasteiger partial charge on any atom is 0.309 e. The molecule has 2 aromatic rings. The van der Waals surface area contributed by atoms with E-state index in [9.17, 15) is 4.79 Å². The van der Waals surface area contributed by atoms with E-state index in [1.807, 2.05) is 17.8 Å². The minimum Gasteiger partial charge on any atom is -0.469 e. The van der Waals surface area contributed by atoms with Gasteiger partial charge < -0.3 is 4.74 Å². The molecule has 126 valence electrons. The van der Waals surface area contributed by atoms with Crippen molar-refractivity contribution in [3.05, 3.63) is 65.2 Å². The SMILES string of the molecule is COC(=O)[C@@H]1[C@@H](c2ccc(SCc3ccccc3)cc2C)C1(C)C. The number of hydrogen-bond acceptors (Lipinski definition) is 3. The average molecular weight is 340 g/mol. The Balaban J connectivity index is 1.73. The van der Waals surface area contributed by atoms with Crippen molar-refractivity contribution in [2.45, 2.75) is 37.3 Å². The molecule has 0 bridgehead atoms. The highest BCUT2D eigenvalue weighted by Gasteiger charge is 2.63. The largest absolute Gasteiger partial charge is 0.469 e. The number of methoxy groups -OCH3 is 1. The number of thioether (sulfide) groups is 1. The van der Waals surface area contributed by atoms with Crippen LogP contribution in [0.25, 0.3) is 0 Å². The Labute approximate surface area is 148 Å². The minimum atomic E-state index is -0.0908. The molecule has 0 N–H and O–H groups in total. The third-order valence-electron chi connectivity index (χ3n) is 5.11. The second-order valence-corrected chi connectivity index (χ2v) is 8.14. The van der Waals surface area contributed by atoms with Crippen molar-refractivity contribution >= 4 is 17.7 Å². The summed E-state index contributed by atoms with van der Waals surface area (Å²) in [5.74, 6) is 1.12. The Hall–Kier alpha value is -1.74. The molecule has 1 saturated carbocycles. The van der Waals surface area contributed by atoms with Gasteiger partial charge in [-0.25, -0.2) is 0 Å². The molecule has 3 heteroatoms. The first-order valence-electron chi connectivity index (χ1n) is 8.30. The van der Waals surface area contributed by atoms with Crippen LogP contribution in [0.15, 0.2) is 53.4 Å². The Morgan fingerprint density at radius 2 is 1.88 bits per heavy atom. The lowest BCUT2D eigenvalue weighted by atomic mass is 9.99. The molecular formula is C21H24O2S. The van der Waals surface area contributed by atoms with E-state index in [0.717, 1.165) is 5.75 Å². The summed E-state index contributed by atoms with van der Waals surface area (Å²) in [4.78, 5) is 13.3. The second kappa shape index (κ2) is 6.64. The molecule has 1 aliphatic rings. The molecule has 0 saturated heterocycles. The lowest BCUT2D eigenvalue weighted by molar-refractivity contribution is -0.143. The molecule has 1 aliphatic carbocycles. The van der Waals surface area contributed by atoms with E-state index in [2.05, 4.69) is 63.2 Å². The second-order valence-electron chi connectivity index (χ2n) is 7.09. The van der Waals surface area contributed by atoms with Crippen molar-refractivity contribution in [1.82, 2.24) is 0 Å². The molecule has 0 spiro atoms. The molecule has 2 nitrogen and oxygen atoms in total. The van der Waals surface area contributed by atoms with Crippen molar-refractivity contribution in [3.63, 3.8) is 0 Å². The van der Waals surface area contributed by atoms with Gasteiger partial charge in [0.05, 0.1) is 13.0 Å². The summed E-state index contributed by atoms with van der Waals surface area (Å²) in [7, 11) is 1.48. The van der Waals surface area contributed by atoms with Crippen LogP contribution < -0.4 is 0 Å². The number of aryl methyl sites for hydroxylation is 1. The fraction of sp³-hybridized carbons (Fsp3) is 0.381. The van der Waals surface area contributed by atoms with Gasteiger partial charge in [-0.05, 0) is 41.2 Å². The molecule has 0 amide bonds. The van der Waals surface area contributed by atoms with E-state index in [1.54, 1.807) is 0 Å². The third-order valence-corrected chi connectivity index (χ3v) is 6.17. The summed E-state index contributed by atoms with van der Waals surface area (Å²) in [6.45, 7) is 6.44. The first-order chi connectivity index (χ1) is 11.4. The van der Waals surface area contributed by atoms with E-state index < -0.39 is 0 Å². The van der Waals surface area contributed by atoms with Gasteiger partial charge in [-0.3, -0.25) is 4.79 Å². The van der Waals surface area contributed by atoms with Crippen molar-refractivity contribution < 1.29 is 9.53 Å². The number of hydrogen-bond donors (Lipinski definition) is 0. The van der Waals surface area contributed by atoms with Gasteiger partial charge in [-0.2, -0.15) is 0 Å². The van der Waals surface area contributed by atoms with Crippen LogP contribution in [0.1, 0.15) is 36.5 Å². The van der Waals surface area contributed by atoms with Crippen LogP contribution in [-0.4, -0.2) is 13.1 Å². The number of benzene rings is 2. The first-order valence-corrected chi connectivity index (χ1v) is 9.29. The van der Waals surface area contributed by atoms with Gasteiger partial charge in [-0.15, -0.1) is 11.8 Å². The summed E-state index contributed by atoms with van der Waals surface area (Å²) in [5.41, 5.74) is 3.85. The molecule has 2 atom stereocenters. The molecule has 1 fully saturated rings. The summed E-state index contributed by atoms with van der Waals surface area (Å²) in [6.07, 6.45) is 0. The Morgan fingerprint density at radius 1 is 1.17 bits per heavy atom. The predicted octanol–water partition coefficient (Wildman–Crippen LogP) is 5.20. The molecule has 0 aromatic heterocycles. The number of esters is 1. The van der Waals surface area contributed by atoms with Gasteiger partial charge in [0.15, 0.2) is 0 Å². The fourth-order valence-corrected chi connectivity index (χ4v) is 4.56. The standard InChI is InChI=1S/C21H24O2S/c1-14-12-16(24-13-15-8-6-5-7-9-15)10-11-17(14)18-19(20(22)23-4)21(18,2)3/h5-12,18-19H,13H2,1-4H3/t18-,19+/m1/s1. The van der Waals surface area contributed by atoms with Crippen molar-refractivity contribution in [2.24, 2.45) is 11.3 Å². The summed E-state index contributed by atoms with van der Waals surface area (Å²) >= 11 is 1.85. The van der Waals surface area contributed by atoms with Crippen molar-refractivity contribution in [1.29, 1.82) is 0 Å². The van der Waals surface area contributed by atoms with E-state index in [4.69, 9.17) is 4.74 Å². The lowest BCUT2D eigenvalue weighted by Gasteiger charge is -2.10. The topological polar surface area (TPSA) is 26.3 Å². The minimum absolute atomic E-state index is 0.0173. The summed E-state index contributed by atoms with van der Waals surface area (Å²) in [6, 6.07) is 17.1. The van der Waals surface area contributed by atoms with E-state index in [1.165, 1.54) is 28.7 Å². The van der Waals surface area contributed by atoms with Crippen LogP contribution in [-0.2, 0) is 15.3 Å². The zero-order chi connectivity index (χ0) is 17.3. The van der Waals surface area contributed by atoms with Crippen LogP contribution >= 0.6 is 11.8 Å². The van der Waals surface area contributed by atoms with Crippen LogP contribution in [0.5, 0.6) is 0 Å². The van der Waals surface area contributed by atoms with Crippen LogP contribution in [0, 0.1) is 18.3 Å². The zero-order valence-electron chi connectivity index (χ0n) is 14.7. The third kappa shape index (κ3) is 3.23. The lowest BCUT2D eigenvalue weighted by Crippen LogP contribution is -2.07. The molecule has 0 aliphatic heterocycles. The molecule has 24 heavy (non-hydrogen) atoms. The predicted molar refractivity (Wildman–Crippen MR) is 99.2 cm³/mol. The van der Waals surface area contributed by atoms with Gasteiger partial charge in [0.2, 0.25) is 0 Å². The van der Waals surface area contributed by atoms with Crippen molar-refractivity contribution in [3.8, 4) is 0 Å². The van der Waals surface area contributed by atoms with Crippen LogP contribution in [0.2, 0.25) is 0 Å². The van der Waals surface area contributed by atoms with Crippen LogP contribution in [0.4, 0.5) is 0 Å². The Morgan fingerprint density at radius 3 is 2.50 bits per heavy atom. The number of carbonyl (C=O) groups is 1. The molecule has 0 unspecified atom stereocenters. The van der Waals surface area contributed by atoms with E-state index in [-0.39, 0.29) is 23.2 Å². The number of rotatable bonds is 5. The highest BCUT2D eigenvalue weighted by molar-refractivity contribution is 7.98. The number of carbonyl (C=O) groups excluding carboxylic acids is 1.